The van der Waals surface area contributed by atoms with Gasteiger partial charge in [-0.2, -0.15) is 0 Å². The topological polar surface area (TPSA) is 61.4 Å². The van der Waals surface area contributed by atoms with Crippen LogP contribution in [-0.2, 0) is 6.54 Å². The number of hydrogen-bond donors (Lipinski definition) is 3. The van der Waals surface area contributed by atoms with E-state index in [2.05, 4.69) is 10.6 Å². The number of urea groups is 1. The Morgan fingerprint density at radius 2 is 2.38 bits per heavy atom. The van der Waals surface area contributed by atoms with Gasteiger partial charge in [-0.25, -0.2) is 4.79 Å². The Morgan fingerprint density at radius 3 is 2.94 bits per heavy atom. The average molecular weight is 242 g/mol. The largest absolute Gasteiger partial charge is 0.396 e. The molecule has 2 amide bonds. The van der Waals surface area contributed by atoms with E-state index in [0.717, 1.165) is 0 Å². The predicted octanol–water partition coefficient (Wildman–Crippen LogP) is 1.63. The van der Waals surface area contributed by atoms with Gasteiger partial charge in [0, 0.05) is 17.5 Å². The van der Waals surface area contributed by atoms with Crippen LogP contribution >= 0.6 is 11.3 Å². The van der Waals surface area contributed by atoms with Crippen LogP contribution in [0.2, 0.25) is 0 Å². The van der Waals surface area contributed by atoms with Gasteiger partial charge in [0.2, 0.25) is 0 Å². The van der Waals surface area contributed by atoms with Crippen LogP contribution in [0.3, 0.4) is 0 Å². The van der Waals surface area contributed by atoms with E-state index >= 15 is 0 Å². The maximum Gasteiger partial charge on any atom is 0.315 e. The Hall–Kier alpha value is -1.07. The van der Waals surface area contributed by atoms with Crippen LogP contribution in [0, 0.1) is 6.92 Å². The molecule has 1 rings (SSSR count). The van der Waals surface area contributed by atoms with E-state index in [1.807, 2.05) is 25.3 Å². The molecule has 0 saturated heterocycles. The smallest absolute Gasteiger partial charge is 0.315 e. The zero-order valence-electron chi connectivity index (χ0n) is 9.62. The third-order valence-corrected chi connectivity index (χ3v) is 3.34. The molecule has 0 spiro atoms. The molecule has 1 atom stereocenters. The maximum atomic E-state index is 11.4. The summed E-state index contributed by atoms with van der Waals surface area (Å²) in [5.41, 5.74) is 1.20. The molecule has 4 nitrogen and oxygen atoms in total. The molecule has 0 aliphatic rings. The second kappa shape index (κ2) is 6.50. The van der Waals surface area contributed by atoms with E-state index in [-0.39, 0.29) is 18.7 Å². The van der Waals surface area contributed by atoms with E-state index in [9.17, 15) is 4.79 Å². The molecule has 3 N–H and O–H groups in total. The van der Waals surface area contributed by atoms with Gasteiger partial charge in [-0.05, 0) is 37.3 Å². The van der Waals surface area contributed by atoms with Gasteiger partial charge in [-0.1, -0.05) is 0 Å². The van der Waals surface area contributed by atoms with Gasteiger partial charge in [0.15, 0.2) is 0 Å². The predicted molar refractivity (Wildman–Crippen MR) is 65.6 cm³/mol. The standard InChI is InChI=1S/C11H18N2O2S/c1-8-4-6-16-10(8)7-12-11(15)13-9(2)3-5-14/h4,6,9,14H,3,5,7H2,1-2H3,(H2,12,13,15)/t9-/m1/s1. The number of amides is 2. The Balaban J connectivity index is 2.28. The van der Waals surface area contributed by atoms with Gasteiger partial charge in [-0.3, -0.25) is 0 Å². The highest BCUT2D eigenvalue weighted by atomic mass is 32.1. The van der Waals surface area contributed by atoms with Gasteiger partial charge in [-0.15, -0.1) is 11.3 Å². The van der Waals surface area contributed by atoms with Crippen molar-refractivity contribution in [2.45, 2.75) is 32.9 Å². The first-order chi connectivity index (χ1) is 7.63. The van der Waals surface area contributed by atoms with E-state index in [0.29, 0.717) is 13.0 Å². The van der Waals surface area contributed by atoms with Crippen molar-refractivity contribution in [3.63, 3.8) is 0 Å². The molecule has 0 bridgehead atoms. The van der Waals surface area contributed by atoms with E-state index in [1.54, 1.807) is 11.3 Å². The van der Waals surface area contributed by atoms with Gasteiger partial charge in [0.1, 0.15) is 0 Å². The molecule has 16 heavy (non-hydrogen) atoms. The highest BCUT2D eigenvalue weighted by Crippen LogP contribution is 2.14. The maximum absolute atomic E-state index is 11.4. The molecule has 0 unspecified atom stereocenters. The van der Waals surface area contributed by atoms with Crippen LogP contribution in [0.15, 0.2) is 11.4 Å². The summed E-state index contributed by atoms with van der Waals surface area (Å²) >= 11 is 1.64. The number of carbonyl (C=O) groups excluding carboxylic acids is 1. The average Bonchev–Trinajstić information content (AvgIpc) is 2.61. The minimum Gasteiger partial charge on any atom is -0.396 e. The number of carbonyl (C=O) groups is 1. The number of aliphatic hydroxyl groups is 1. The molecule has 0 aromatic carbocycles. The fourth-order valence-corrected chi connectivity index (χ4v) is 2.13. The molecule has 90 valence electrons. The first-order valence-electron chi connectivity index (χ1n) is 5.31. The molecular formula is C11H18N2O2S. The van der Waals surface area contributed by atoms with Gasteiger partial charge >= 0.3 is 6.03 Å². The van der Waals surface area contributed by atoms with Crippen LogP contribution in [0.25, 0.3) is 0 Å². The van der Waals surface area contributed by atoms with Crippen LogP contribution in [0.1, 0.15) is 23.8 Å². The first-order valence-corrected chi connectivity index (χ1v) is 6.19. The zero-order valence-corrected chi connectivity index (χ0v) is 10.4. The lowest BCUT2D eigenvalue weighted by molar-refractivity contribution is 0.231. The number of rotatable bonds is 5. The highest BCUT2D eigenvalue weighted by molar-refractivity contribution is 7.10. The molecule has 0 aliphatic heterocycles. The molecular weight excluding hydrogens is 224 g/mol. The Bertz CT molecular complexity index is 338. The Morgan fingerprint density at radius 1 is 1.62 bits per heavy atom. The fraction of sp³-hybridized carbons (Fsp3) is 0.545. The van der Waals surface area contributed by atoms with Crippen LogP contribution in [-0.4, -0.2) is 23.8 Å². The summed E-state index contributed by atoms with van der Waals surface area (Å²) in [6.07, 6.45) is 0.575. The fourth-order valence-electron chi connectivity index (χ4n) is 1.29. The second-order valence-corrected chi connectivity index (χ2v) is 4.77. The summed E-state index contributed by atoms with van der Waals surface area (Å²) in [6, 6.07) is 1.84. The summed E-state index contributed by atoms with van der Waals surface area (Å²) < 4.78 is 0. The van der Waals surface area contributed by atoms with Crippen LogP contribution in [0.5, 0.6) is 0 Å². The minimum absolute atomic E-state index is 0.00515. The molecule has 1 aromatic rings. The number of hydrogen-bond acceptors (Lipinski definition) is 3. The van der Waals surface area contributed by atoms with Crippen molar-refractivity contribution < 1.29 is 9.90 Å². The molecule has 1 aromatic heterocycles. The van der Waals surface area contributed by atoms with Gasteiger partial charge < -0.3 is 15.7 Å². The quantitative estimate of drug-likeness (QED) is 0.735. The minimum atomic E-state index is -0.186. The number of aryl methyl sites for hydroxylation is 1. The van der Waals surface area contributed by atoms with Crippen molar-refractivity contribution in [3.05, 3.63) is 21.9 Å². The van der Waals surface area contributed by atoms with Crippen molar-refractivity contribution in [3.8, 4) is 0 Å². The van der Waals surface area contributed by atoms with Gasteiger partial charge in [0.05, 0.1) is 6.54 Å². The first kappa shape index (κ1) is 13.0. The van der Waals surface area contributed by atoms with Crippen LogP contribution in [0.4, 0.5) is 4.79 Å². The zero-order chi connectivity index (χ0) is 12.0. The Labute approximate surface area is 99.7 Å². The summed E-state index contributed by atoms with van der Waals surface area (Å²) in [7, 11) is 0. The monoisotopic (exact) mass is 242 g/mol. The second-order valence-electron chi connectivity index (χ2n) is 3.77. The third kappa shape index (κ3) is 4.20. The summed E-state index contributed by atoms with van der Waals surface area (Å²) in [4.78, 5) is 12.6. The van der Waals surface area contributed by atoms with Crippen molar-refractivity contribution in [2.75, 3.05) is 6.61 Å². The summed E-state index contributed by atoms with van der Waals surface area (Å²) in [5.74, 6) is 0. The van der Waals surface area contributed by atoms with E-state index in [1.165, 1.54) is 10.4 Å². The summed E-state index contributed by atoms with van der Waals surface area (Å²) in [6.45, 7) is 4.54. The highest BCUT2D eigenvalue weighted by Gasteiger charge is 2.07. The Kier molecular flexibility index (Phi) is 5.28. The van der Waals surface area contributed by atoms with E-state index < -0.39 is 0 Å². The van der Waals surface area contributed by atoms with Crippen molar-refractivity contribution in [2.24, 2.45) is 0 Å². The molecule has 0 radical (unpaired) electrons. The number of nitrogens with one attached hydrogen (secondary N) is 2. The SMILES string of the molecule is Cc1ccsc1CNC(=O)N[C@H](C)CCO. The normalized spacial score (nSPS) is 12.2. The molecule has 5 heteroatoms. The third-order valence-electron chi connectivity index (χ3n) is 2.32. The molecule has 0 aliphatic carbocycles. The van der Waals surface area contributed by atoms with Crippen LogP contribution < -0.4 is 10.6 Å². The lowest BCUT2D eigenvalue weighted by atomic mass is 10.2. The molecule has 1 heterocycles. The summed E-state index contributed by atoms with van der Waals surface area (Å²) in [5, 5.41) is 16.3. The molecule has 0 saturated carbocycles. The number of aliphatic hydroxyl groups excluding tert-OH is 1. The van der Waals surface area contributed by atoms with Crippen molar-refractivity contribution >= 4 is 17.4 Å². The van der Waals surface area contributed by atoms with Gasteiger partial charge in [0.25, 0.3) is 0 Å². The van der Waals surface area contributed by atoms with Crippen molar-refractivity contribution in [1.29, 1.82) is 0 Å². The van der Waals surface area contributed by atoms with Crippen molar-refractivity contribution in [1.82, 2.24) is 10.6 Å². The van der Waals surface area contributed by atoms with E-state index in [4.69, 9.17) is 5.11 Å². The number of thiophene rings is 1. The molecule has 0 fully saturated rings. The lowest BCUT2D eigenvalue weighted by Gasteiger charge is -2.13. The lowest BCUT2D eigenvalue weighted by Crippen LogP contribution is -2.40.